The van der Waals surface area contributed by atoms with Crippen molar-refractivity contribution in [2.24, 2.45) is 10.9 Å². The molecule has 1 saturated heterocycles. The average molecular weight is 380 g/mol. The van der Waals surface area contributed by atoms with Crippen LogP contribution in [0.5, 0.6) is 0 Å². The van der Waals surface area contributed by atoms with Crippen molar-refractivity contribution >= 4 is 5.57 Å². The number of fused-ring (bicyclic) bond motifs is 1. The first-order valence-electron chi connectivity index (χ1n) is 10.1. The molecule has 1 fully saturated rings. The molecule has 3 heterocycles. The lowest BCUT2D eigenvalue weighted by molar-refractivity contribution is -0.0106. The Balaban J connectivity index is 1.90. The molecule has 1 aromatic rings. The van der Waals surface area contributed by atoms with E-state index in [0.29, 0.717) is 23.3 Å². The fourth-order valence-corrected chi connectivity index (χ4v) is 4.45. The normalized spacial score (nSPS) is 22.8. The van der Waals surface area contributed by atoms with Crippen LogP contribution in [0, 0.1) is 5.92 Å². The smallest absolute Gasteiger partial charge is 0.149 e. The number of rotatable bonds is 3. The second kappa shape index (κ2) is 7.57. The first-order chi connectivity index (χ1) is 13.5. The Morgan fingerprint density at radius 1 is 1.25 bits per heavy atom. The van der Waals surface area contributed by atoms with Gasteiger partial charge in [-0.05, 0) is 74.0 Å². The molecule has 0 unspecified atom stereocenters. The minimum Gasteiger partial charge on any atom is -0.494 e. The molecule has 4 rings (SSSR count). The molecule has 2 N–H and O–H groups in total. The van der Waals surface area contributed by atoms with Crippen molar-refractivity contribution in [1.82, 2.24) is 10.4 Å². The van der Waals surface area contributed by atoms with Gasteiger partial charge in [0.2, 0.25) is 0 Å². The van der Waals surface area contributed by atoms with E-state index in [1.807, 2.05) is 13.0 Å². The second-order valence-corrected chi connectivity index (χ2v) is 8.02. The highest BCUT2D eigenvalue weighted by molar-refractivity contribution is 5.72. The molecule has 0 spiro atoms. The first kappa shape index (κ1) is 19.0. The molecular formula is C23H29N3O2. The summed E-state index contributed by atoms with van der Waals surface area (Å²) in [5.41, 5.74) is 5.21. The minimum atomic E-state index is 0.328. The van der Waals surface area contributed by atoms with Crippen molar-refractivity contribution in [3.8, 4) is 0 Å². The summed E-state index contributed by atoms with van der Waals surface area (Å²) in [6.07, 6.45) is 5.90. The Morgan fingerprint density at radius 2 is 2.00 bits per heavy atom. The molecule has 1 aromatic carbocycles. The van der Waals surface area contributed by atoms with Gasteiger partial charge in [-0.2, -0.15) is 0 Å². The Hall–Kier alpha value is -2.37. The zero-order chi connectivity index (χ0) is 19.8. The SMILES string of the molecule is COC1=C(C)N(O)C=CC1=C1N=c2ccc(C3CCNCC3)cc2=C1C(C)C. The molecule has 0 amide bonds. The number of nitrogens with zero attached hydrogens (tertiary/aromatic N) is 2. The first-order valence-corrected chi connectivity index (χ1v) is 10.1. The molecule has 3 aliphatic heterocycles. The summed E-state index contributed by atoms with van der Waals surface area (Å²) >= 11 is 0. The van der Waals surface area contributed by atoms with Gasteiger partial charge in [-0.25, -0.2) is 10.1 Å². The second-order valence-electron chi connectivity index (χ2n) is 8.02. The number of piperidine rings is 1. The number of allylic oxidation sites excluding steroid dienone is 3. The average Bonchev–Trinajstić information content (AvgIpc) is 3.09. The maximum Gasteiger partial charge on any atom is 0.149 e. The van der Waals surface area contributed by atoms with Crippen LogP contribution in [0.4, 0.5) is 0 Å². The predicted octanol–water partition coefficient (Wildman–Crippen LogP) is 2.94. The number of nitrogens with one attached hydrogen (secondary N) is 1. The lowest BCUT2D eigenvalue weighted by Crippen LogP contribution is -2.29. The van der Waals surface area contributed by atoms with Gasteiger partial charge in [0.1, 0.15) is 5.76 Å². The molecule has 5 heteroatoms. The van der Waals surface area contributed by atoms with Crippen molar-refractivity contribution in [2.75, 3.05) is 20.2 Å². The number of hydrogen-bond acceptors (Lipinski definition) is 5. The highest BCUT2D eigenvalue weighted by atomic mass is 16.5. The van der Waals surface area contributed by atoms with Crippen LogP contribution in [0.15, 0.2) is 58.2 Å². The number of methoxy groups -OCH3 is 1. The molecule has 0 aliphatic carbocycles. The van der Waals surface area contributed by atoms with E-state index in [2.05, 4.69) is 37.4 Å². The van der Waals surface area contributed by atoms with Gasteiger partial charge in [0, 0.05) is 17.0 Å². The number of hydroxylamine groups is 2. The molecule has 3 aliphatic rings. The zero-order valence-electron chi connectivity index (χ0n) is 17.1. The van der Waals surface area contributed by atoms with Crippen LogP contribution in [0.2, 0.25) is 0 Å². The Bertz CT molecular complexity index is 995. The fourth-order valence-electron chi connectivity index (χ4n) is 4.45. The third kappa shape index (κ3) is 3.19. The summed E-state index contributed by atoms with van der Waals surface area (Å²) < 4.78 is 5.63. The summed E-state index contributed by atoms with van der Waals surface area (Å²) in [7, 11) is 1.64. The number of hydrogen-bond donors (Lipinski definition) is 2. The number of benzene rings is 1. The summed E-state index contributed by atoms with van der Waals surface area (Å²) in [6, 6.07) is 6.76. The maximum absolute atomic E-state index is 10.0. The molecule has 0 radical (unpaired) electrons. The third-order valence-electron chi connectivity index (χ3n) is 5.94. The van der Waals surface area contributed by atoms with Crippen molar-refractivity contribution in [2.45, 2.75) is 39.5 Å². The fraction of sp³-hybridized carbons (Fsp3) is 0.435. The van der Waals surface area contributed by atoms with E-state index >= 15 is 0 Å². The Kier molecular flexibility index (Phi) is 5.13. The van der Waals surface area contributed by atoms with E-state index in [1.165, 1.54) is 29.2 Å². The summed E-state index contributed by atoms with van der Waals surface area (Å²) in [4.78, 5) is 4.99. The van der Waals surface area contributed by atoms with Crippen LogP contribution in [-0.2, 0) is 4.74 Å². The Morgan fingerprint density at radius 3 is 2.68 bits per heavy atom. The van der Waals surface area contributed by atoms with Crippen LogP contribution in [0.25, 0.3) is 5.57 Å². The van der Waals surface area contributed by atoms with Crippen molar-refractivity contribution in [1.29, 1.82) is 0 Å². The highest BCUT2D eigenvalue weighted by Gasteiger charge is 2.26. The van der Waals surface area contributed by atoms with Crippen LogP contribution in [-0.4, -0.2) is 30.5 Å². The largest absolute Gasteiger partial charge is 0.494 e. The molecule has 0 atom stereocenters. The van der Waals surface area contributed by atoms with Crippen LogP contribution >= 0.6 is 0 Å². The molecule has 0 saturated carbocycles. The lowest BCUT2D eigenvalue weighted by atomic mass is 9.88. The van der Waals surface area contributed by atoms with Gasteiger partial charge in [-0.15, -0.1) is 0 Å². The van der Waals surface area contributed by atoms with E-state index in [0.717, 1.165) is 34.8 Å². The van der Waals surface area contributed by atoms with Gasteiger partial charge >= 0.3 is 0 Å². The third-order valence-corrected chi connectivity index (χ3v) is 5.94. The minimum absolute atomic E-state index is 0.328. The van der Waals surface area contributed by atoms with E-state index < -0.39 is 0 Å². The van der Waals surface area contributed by atoms with Crippen molar-refractivity contribution in [3.05, 3.63) is 69.3 Å². The van der Waals surface area contributed by atoms with Gasteiger partial charge in [-0.1, -0.05) is 19.9 Å². The molecule has 148 valence electrons. The molecule has 0 aromatic heterocycles. The Labute approximate surface area is 166 Å². The monoisotopic (exact) mass is 379 g/mol. The van der Waals surface area contributed by atoms with Crippen LogP contribution in [0.3, 0.4) is 0 Å². The lowest BCUT2D eigenvalue weighted by Gasteiger charge is -2.24. The van der Waals surface area contributed by atoms with Crippen LogP contribution < -0.4 is 15.9 Å². The summed E-state index contributed by atoms with van der Waals surface area (Å²) in [5.74, 6) is 1.61. The summed E-state index contributed by atoms with van der Waals surface area (Å²) in [6.45, 7) is 8.45. The van der Waals surface area contributed by atoms with E-state index in [4.69, 9.17) is 9.73 Å². The maximum atomic E-state index is 10.0. The van der Waals surface area contributed by atoms with E-state index in [-0.39, 0.29) is 0 Å². The van der Waals surface area contributed by atoms with Gasteiger partial charge in [0.15, 0.2) is 0 Å². The highest BCUT2D eigenvalue weighted by Crippen LogP contribution is 2.34. The number of ether oxygens (including phenoxy) is 1. The van der Waals surface area contributed by atoms with E-state index in [9.17, 15) is 5.21 Å². The topological polar surface area (TPSA) is 57.1 Å². The van der Waals surface area contributed by atoms with Gasteiger partial charge in [0.25, 0.3) is 0 Å². The standard InChI is InChI=1S/C23H29N3O2/c1-14(2)21-19-13-17(16-7-10-24-11-8-16)5-6-20(19)25-22(21)18-9-12-26(27)15(3)23(18)28-4/h5-6,9,12-14,16,24,27H,7-8,10-11H2,1-4H3. The quantitative estimate of drug-likeness (QED) is 0.848. The van der Waals surface area contributed by atoms with Crippen LogP contribution in [0.1, 0.15) is 45.1 Å². The predicted molar refractivity (Wildman–Crippen MR) is 110 cm³/mol. The zero-order valence-corrected chi connectivity index (χ0v) is 17.1. The molecular weight excluding hydrogens is 350 g/mol. The van der Waals surface area contributed by atoms with Crippen molar-refractivity contribution in [3.63, 3.8) is 0 Å². The molecule has 0 bridgehead atoms. The van der Waals surface area contributed by atoms with Gasteiger partial charge in [0.05, 0.1) is 23.9 Å². The van der Waals surface area contributed by atoms with Gasteiger partial charge in [-0.3, -0.25) is 5.21 Å². The molecule has 5 nitrogen and oxygen atoms in total. The summed E-state index contributed by atoms with van der Waals surface area (Å²) in [5, 5.41) is 16.8. The molecule has 28 heavy (non-hydrogen) atoms. The van der Waals surface area contributed by atoms with Crippen molar-refractivity contribution < 1.29 is 9.94 Å². The van der Waals surface area contributed by atoms with E-state index in [1.54, 1.807) is 13.3 Å². The van der Waals surface area contributed by atoms with Gasteiger partial charge < -0.3 is 10.1 Å².